The van der Waals surface area contributed by atoms with Crippen LogP contribution in [0.4, 0.5) is 0 Å². The minimum absolute atomic E-state index is 0.179. The van der Waals surface area contributed by atoms with Gasteiger partial charge in [0.15, 0.2) is 5.78 Å². The van der Waals surface area contributed by atoms with Crippen molar-refractivity contribution < 1.29 is 15.0 Å². The van der Waals surface area contributed by atoms with Crippen LogP contribution in [-0.2, 0) is 4.79 Å². The molecule has 2 N–H and O–H groups in total. The zero-order valence-electron chi connectivity index (χ0n) is 14.2. The Kier molecular flexibility index (Phi) is 3.58. The highest BCUT2D eigenvalue weighted by molar-refractivity contribution is 5.97. The van der Waals surface area contributed by atoms with Crippen molar-refractivity contribution in [3.05, 3.63) is 23.3 Å². The van der Waals surface area contributed by atoms with Gasteiger partial charge in [0.1, 0.15) is 0 Å². The zero-order chi connectivity index (χ0) is 16.4. The summed E-state index contributed by atoms with van der Waals surface area (Å²) in [5.41, 5.74) is 2.43. The standard InChI is InChI=1S/C20H28O3/c1-11-14-5-6-20(2)10-13-9-19(23)18(22)8-12(13)7-16(20)15(14)3-4-17(11)21/h5-6,12-13,15-16,18-19,22-23H,3-4,7-10H2,1-2H3/t12-,13-,15-,16+,18+,19-,20+/m0/s1. The van der Waals surface area contributed by atoms with E-state index in [9.17, 15) is 15.0 Å². The highest BCUT2D eigenvalue weighted by Crippen LogP contribution is 2.58. The van der Waals surface area contributed by atoms with E-state index in [1.807, 2.05) is 6.92 Å². The van der Waals surface area contributed by atoms with Crippen molar-refractivity contribution in [3.63, 3.8) is 0 Å². The first-order valence-corrected chi connectivity index (χ1v) is 9.18. The second-order valence-corrected chi connectivity index (χ2v) is 8.66. The summed E-state index contributed by atoms with van der Waals surface area (Å²) in [5.74, 6) is 2.45. The number of aliphatic hydroxyl groups is 2. The largest absolute Gasteiger partial charge is 0.390 e. The predicted molar refractivity (Wildman–Crippen MR) is 88.6 cm³/mol. The van der Waals surface area contributed by atoms with Crippen LogP contribution in [0.5, 0.6) is 0 Å². The monoisotopic (exact) mass is 316 g/mol. The number of hydrogen-bond acceptors (Lipinski definition) is 3. The molecule has 0 amide bonds. The van der Waals surface area contributed by atoms with E-state index in [1.54, 1.807) is 0 Å². The molecule has 4 rings (SSSR count). The maximum Gasteiger partial charge on any atom is 0.158 e. The van der Waals surface area contributed by atoms with Gasteiger partial charge in [-0.25, -0.2) is 0 Å². The Morgan fingerprint density at radius 3 is 2.57 bits per heavy atom. The summed E-state index contributed by atoms with van der Waals surface area (Å²) in [6.45, 7) is 4.35. The number of hydrogen-bond donors (Lipinski definition) is 2. The van der Waals surface area contributed by atoms with Gasteiger partial charge in [0.25, 0.3) is 0 Å². The fourth-order valence-corrected chi connectivity index (χ4v) is 6.00. The Morgan fingerprint density at radius 2 is 1.83 bits per heavy atom. The average molecular weight is 316 g/mol. The maximum absolute atomic E-state index is 12.0. The van der Waals surface area contributed by atoms with Crippen molar-refractivity contribution in [2.45, 2.75) is 64.6 Å². The summed E-state index contributed by atoms with van der Waals surface area (Å²) in [7, 11) is 0. The molecule has 3 heteroatoms. The van der Waals surface area contributed by atoms with Gasteiger partial charge in [-0.15, -0.1) is 0 Å². The number of carbonyl (C=O) groups is 1. The van der Waals surface area contributed by atoms with Crippen LogP contribution in [-0.4, -0.2) is 28.2 Å². The highest BCUT2D eigenvalue weighted by Gasteiger charge is 2.51. The molecule has 0 aromatic rings. The van der Waals surface area contributed by atoms with Gasteiger partial charge in [-0.1, -0.05) is 19.1 Å². The third-order valence-corrected chi connectivity index (χ3v) is 7.37. The Labute approximate surface area is 138 Å². The van der Waals surface area contributed by atoms with E-state index in [1.165, 1.54) is 5.57 Å². The Balaban J connectivity index is 1.67. The number of rotatable bonds is 0. The van der Waals surface area contributed by atoms with Gasteiger partial charge >= 0.3 is 0 Å². The van der Waals surface area contributed by atoms with Crippen molar-refractivity contribution in [2.75, 3.05) is 0 Å². The van der Waals surface area contributed by atoms with Crippen LogP contribution in [0.1, 0.15) is 52.4 Å². The van der Waals surface area contributed by atoms with E-state index in [2.05, 4.69) is 19.1 Å². The molecule has 126 valence electrons. The summed E-state index contributed by atoms with van der Waals surface area (Å²) < 4.78 is 0. The van der Waals surface area contributed by atoms with E-state index in [-0.39, 0.29) is 5.41 Å². The number of fused-ring (bicyclic) bond motifs is 4. The average Bonchev–Trinajstić information content (AvgIpc) is 2.50. The van der Waals surface area contributed by atoms with Gasteiger partial charge < -0.3 is 10.2 Å². The highest BCUT2D eigenvalue weighted by atomic mass is 16.3. The molecular formula is C20H28O3. The Morgan fingerprint density at radius 1 is 1.13 bits per heavy atom. The fourth-order valence-electron chi connectivity index (χ4n) is 6.00. The molecule has 0 aromatic carbocycles. The quantitative estimate of drug-likeness (QED) is 0.722. The van der Waals surface area contributed by atoms with Gasteiger partial charge in [0.2, 0.25) is 0 Å². The first-order chi connectivity index (χ1) is 10.9. The van der Waals surface area contributed by atoms with E-state index >= 15 is 0 Å². The summed E-state index contributed by atoms with van der Waals surface area (Å²) in [6.07, 6.45) is 8.87. The van der Waals surface area contributed by atoms with E-state index < -0.39 is 12.2 Å². The van der Waals surface area contributed by atoms with Gasteiger partial charge in [0.05, 0.1) is 12.2 Å². The summed E-state index contributed by atoms with van der Waals surface area (Å²) in [5, 5.41) is 20.1. The smallest absolute Gasteiger partial charge is 0.158 e. The van der Waals surface area contributed by atoms with Crippen LogP contribution in [0.3, 0.4) is 0 Å². The minimum atomic E-state index is -0.551. The first-order valence-electron chi connectivity index (χ1n) is 9.18. The van der Waals surface area contributed by atoms with Gasteiger partial charge in [-0.05, 0) is 79.3 Å². The molecule has 4 aliphatic rings. The Bertz CT molecular complexity index is 590. The lowest BCUT2D eigenvalue weighted by Crippen LogP contribution is -2.49. The lowest BCUT2D eigenvalue weighted by atomic mass is 9.50. The van der Waals surface area contributed by atoms with E-state index in [4.69, 9.17) is 0 Å². The zero-order valence-corrected chi connectivity index (χ0v) is 14.2. The number of carbonyl (C=O) groups excluding carboxylic acids is 1. The number of ketones is 1. The van der Waals surface area contributed by atoms with E-state index in [0.717, 1.165) is 37.7 Å². The molecule has 0 bridgehead atoms. The summed E-state index contributed by atoms with van der Waals surface area (Å²) in [6, 6.07) is 0. The molecular weight excluding hydrogens is 288 g/mol. The van der Waals surface area contributed by atoms with Crippen LogP contribution < -0.4 is 0 Å². The normalized spacial score (nSPS) is 49.5. The van der Waals surface area contributed by atoms with Gasteiger partial charge in [0, 0.05) is 6.42 Å². The second-order valence-electron chi connectivity index (χ2n) is 8.66. The molecule has 4 aliphatic carbocycles. The van der Waals surface area contributed by atoms with Crippen molar-refractivity contribution in [1.82, 2.24) is 0 Å². The molecule has 0 unspecified atom stereocenters. The molecule has 0 aliphatic heterocycles. The molecule has 2 fully saturated rings. The molecule has 7 atom stereocenters. The molecule has 0 radical (unpaired) electrons. The second kappa shape index (κ2) is 5.29. The molecule has 0 spiro atoms. The lowest BCUT2D eigenvalue weighted by molar-refractivity contribution is -0.117. The number of aliphatic hydroxyl groups excluding tert-OH is 2. The predicted octanol–water partition coefficient (Wildman–Crippen LogP) is 3.02. The van der Waals surface area contributed by atoms with Crippen molar-refractivity contribution in [2.24, 2.45) is 29.1 Å². The van der Waals surface area contributed by atoms with Crippen molar-refractivity contribution in [3.8, 4) is 0 Å². The molecule has 0 saturated heterocycles. The van der Waals surface area contributed by atoms with Gasteiger partial charge in [-0.3, -0.25) is 4.79 Å². The van der Waals surface area contributed by atoms with E-state index in [0.29, 0.717) is 35.9 Å². The van der Waals surface area contributed by atoms with Crippen LogP contribution in [0, 0.1) is 29.1 Å². The lowest BCUT2D eigenvalue weighted by Gasteiger charge is -2.55. The minimum Gasteiger partial charge on any atom is -0.390 e. The molecule has 3 nitrogen and oxygen atoms in total. The third-order valence-electron chi connectivity index (χ3n) is 7.37. The summed E-state index contributed by atoms with van der Waals surface area (Å²) in [4.78, 5) is 12.0. The molecule has 23 heavy (non-hydrogen) atoms. The first kappa shape index (κ1) is 15.6. The molecule has 0 heterocycles. The third kappa shape index (κ3) is 2.35. The van der Waals surface area contributed by atoms with Gasteiger partial charge in [-0.2, -0.15) is 0 Å². The fraction of sp³-hybridized carbons (Fsp3) is 0.750. The maximum atomic E-state index is 12.0. The Hall–Kier alpha value is -0.930. The van der Waals surface area contributed by atoms with Crippen LogP contribution >= 0.6 is 0 Å². The van der Waals surface area contributed by atoms with Crippen LogP contribution in [0.2, 0.25) is 0 Å². The molecule has 0 aromatic heterocycles. The number of allylic oxidation sites excluding steroid dienone is 4. The van der Waals surface area contributed by atoms with Crippen LogP contribution in [0.25, 0.3) is 0 Å². The molecule has 2 saturated carbocycles. The van der Waals surface area contributed by atoms with Crippen molar-refractivity contribution in [1.29, 1.82) is 0 Å². The van der Waals surface area contributed by atoms with Crippen molar-refractivity contribution >= 4 is 5.78 Å². The number of Topliss-reactive ketones (excluding diaryl/α,β-unsaturated/α-hetero) is 1. The SMILES string of the molecule is CC1=C2C=C[C@]3(C)C[C@@H]4C[C@H](O)[C@H](O)C[C@@H]4C[C@@H]3[C@H]2CCC1=O. The summed E-state index contributed by atoms with van der Waals surface area (Å²) >= 11 is 0. The van der Waals surface area contributed by atoms with Crippen LogP contribution in [0.15, 0.2) is 23.3 Å². The topological polar surface area (TPSA) is 57.5 Å².